The summed E-state index contributed by atoms with van der Waals surface area (Å²) in [6.07, 6.45) is 7.75. The molecule has 4 fully saturated rings. The summed E-state index contributed by atoms with van der Waals surface area (Å²) in [5, 5.41) is 21.3. The van der Waals surface area contributed by atoms with Crippen molar-refractivity contribution in [1.82, 2.24) is 0 Å². The quantitative estimate of drug-likeness (QED) is 0.695. The first kappa shape index (κ1) is 16.4. The zero-order valence-corrected chi connectivity index (χ0v) is 15.7. The first-order chi connectivity index (χ1) is 10.5. The second-order valence-corrected chi connectivity index (χ2v) is 11.1. The van der Waals surface area contributed by atoms with Gasteiger partial charge in [-0.05, 0) is 84.4 Å². The Morgan fingerprint density at radius 1 is 0.826 bits per heavy atom. The maximum Gasteiger partial charge on any atom is 0.0852 e. The fraction of sp³-hybridized carbons (Fsp3) is 1.00. The molecule has 4 aliphatic carbocycles. The summed E-state index contributed by atoms with van der Waals surface area (Å²) in [4.78, 5) is 0. The van der Waals surface area contributed by atoms with Crippen molar-refractivity contribution in [1.29, 1.82) is 0 Å². The van der Waals surface area contributed by atoms with Gasteiger partial charge in [0, 0.05) is 0 Å². The van der Waals surface area contributed by atoms with Gasteiger partial charge in [-0.1, -0.05) is 34.6 Å². The van der Waals surface area contributed by atoms with Crippen LogP contribution in [0.4, 0.5) is 0 Å². The number of hydrogen-bond donors (Lipinski definition) is 2. The van der Waals surface area contributed by atoms with Crippen LogP contribution in [-0.4, -0.2) is 22.4 Å². The van der Waals surface area contributed by atoms with Gasteiger partial charge in [0.25, 0.3) is 0 Å². The molecule has 0 radical (unpaired) electrons. The topological polar surface area (TPSA) is 40.5 Å². The Hall–Kier alpha value is -0.0800. The van der Waals surface area contributed by atoms with E-state index in [1.807, 2.05) is 0 Å². The first-order valence-corrected chi connectivity index (χ1v) is 9.91. The summed E-state index contributed by atoms with van der Waals surface area (Å²) in [6, 6.07) is 0. The first-order valence-electron chi connectivity index (χ1n) is 9.91. The third kappa shape index (κ3) is 1.83. The van der Waals surface area contributed by atoms with E-state index in [0.717, 1.165) is 18.3 Å². The highest BCUT2D eigenvalue weighted by atomic mass is 16.3. The molecule has 2 N–H and O–H groups in total. The van der Waals surface area contributed by atoms with Gasteiger partial charge in [-0.25, -0.2) is 0 Å². The van der Waals surface area contributed by atoms with Gasteiger partial charge in [-0.2, -0.15) is 0 Å². The zero-order valence-electron chi connectivity index (χ0n) is 15.7. The van der Waals surface area contributed by atoms with Crippen molar-refractivity contribution in [3.63, 3.8) is 0 Å². The van der Waals surface area contributed by atoms with Crippen LogP contribution in [-0.2, 0) is 0 Å². The van der Waals surface area contributed by atoms with Crippen LogP contribution in [0.15, 0.2) is 0 Å². The van der Waals surface area contributed by atoms with Crippen molar-refractivity contribution in [3.05, 3.63) is 0 Å². The van der Waals surface area contributed by atoms with E-state index < -0.39 is 12.2 Å². The average molecular weight is 321 g/mol. The Morgan fingerprint density at radius 3 is 2.22 bits per heavy atom. The van der Waals surface area contributed by atoms with Crippen molar-refractivity contribution < 1.29 is 10.2 Å². The minimum absolute atomic E-state index is 0.169. The lowest BCUT2D eigenvalue weighted by molar-refractivity contribution is -0.229. The molecule has 0 aliphatic heterocycles. The molecule has 132 valence electrons. The highest BCUT2D eigenvalue weighted by Crippen LogP contribution is 2.76. The van der Waals surface area contributed by atoms with Gasteiger partial charge >= 0.3 is 0 Å². The molecular weight excluding hydrogens is 284 g/mol. The Kier molecular flexibility index (Phi) is 3.24. The van der Waals surface area contributed by atoms with Gasteiger partial charge in [0.1, 0.15) is 0 Å². The molecule has 4 rings (SSSR count). The van der Waals surface area contributed by atoms with Crippen LogP contribution in [0.3, 0.4) is 0 Å². The summed E-state index contributed by atoms with van der Waals surface area (Å²) in [7, 11) is 0. The Bertz CT molecular complexity index is 510. The molecule has 7 atom stereocenters. The molecule has 7 unspecified atom stereocenters. The lowest BCUT2D eigenvalue weighted by Gasteiger charge is -2.67. The van der Waals surface area contributed by atoms with E-state index >= 15 is 0 Å². The zero-order chi connectivity index (χ0) is 16.8. The van der Waals surface area contributed by atoms with Gasteiger partial charge in [-0.15, -0.1) is 0 Å². The van der Waals surface area contributed by atoms with Crippen LogP contribution in [0.1, 0.15) is 79.6 Å². The maximum atomic E-state index is 10.7. The molecule has 0 aromatic heterocycles. The SMILES string of the molecule is CC1(C)CCC23CC1CC2CCC1C(C)(C)C(O)C(O)CC13C. The normalized spacial score (nSPS) is 56.7. The summed E-state index contributed by atoms with van der Waals surface area (Å²) in [5.41, 5.74) is 0.950. The minimum Gasteiger partial charge on any atom is -0.390 e. The number of aliphatic hydroxyl groups excluding tert-OH is 2. The molecule has 0 heterocycles. The summed E-state index contributed by atoms with van der Waals surface area (Å²) in [5.74, 6) is 2.27. The van der Waals surface area contributed by atoms with Crippen molar-refractivity contribution in [3.8, 4) is 0 Å². The molecule has 0 amide bonds. The third-order valence-electron chi connectivity index (χ3n) is 9.65. The Balaban J connectivity index is 1.78. The summed E-state index contributed by atoms with van der Waals surface area (Å²) < 4.78 is 0. The summed E-state index contributed by atoms with van der Waals surface area (Å²) in [6.45, 7) is 11.9. The van der Waals surface area contributed by atoms with E-state index in [-0.39, 0.29) is 10.8 Å². The predicted octanol–water partition coefficient (Wildman–Crippen LogP) is 4.39. The van der Waals surface area contributed by atoms with Crippen molar-refractivity contribution in [2.45, 2.75) is 91.8 Å². The number of hydrogen-bond acceptors (Lipinski definition) is 2. The fourth-order valence-electron chi connectivity index (χ4n) is 8.11. The number of rotatable bonds is 0. The average Bonchev–Trinajstić information content (AvgIpc) is 2.80. The molecule has 23 heavy (non-hydrogen) atoms. The van der Waals surface area contributed by atoms with Gasteiger partial charge in [0.2, 0.25) is 0 Å². The van der Waals surface area contributed by atoms with Crippen LogP contribution < -0.4 is 0 Å². The van der Waals surface area contributed by atoms with E-state index in [4.69, 9.17) is 0 Å². The number of fused-ring (bicyclic) bond motifs is 2. The van der Waals surface area contributed by atoms with E-state index in [9.17, 15) is 10.2 Å². The molecular formula is C21H36O2. The Labute approximate surface area is 142 Å². The van der Waals surface area contributed by atoms with Crippen molar-refractivity contribution in [2.75, 3.05) is 0 Å². The van der Waals surface area contributed by atoms with E-state index in [2.05, 4.69) is 34.6 Å². The third-order valence-corrected chi connectivity index (χ3v) is 9.65. The molecule has 2 nitrogen and oxygen atoms in total. The standard InChI is InChI=1S/C21H36O2/c1-18(2)8-9-21-11-14(18)10-13(21)6-7-16-19(3,4)17(23)15(22)12-20(16,21)5/h13-17,22-23H,6-12H2,1-5H3. The summed E-state index contributed by atoms with van der Waals surface area (Å²) >= 11 is 0. The highest BCUT2D eigenvalue weighted by Gasteiger charge is 2.69. The second kappa shape index (κ2) is 4.55. The predicted molar refractivity (Wildman–Crippen MR) is 92.9 cm³/mol. The van der Waals surface area contributed by atoms with Crippen molar-refractivity contribution >= 4 is 0 Å². The largest absolute Gasteiger partial charge is 0.390 e. The van der Waals surface area contributed by atoms with Crippen LogP contribution in [0.2, 0.25) is 0 Å². The molecule has 0 aromatic carbocycles. The molecule has 1 spiro atoms. The molecule has 4 saturated carbocycles. The van der Waals surface area contributed by atoms with Crippen LogP contribution in [0.25, 0.3) is 0 Å². The van der Waals surface area contributed by atoms with Gasteiger partial charge in [-0.3, -0.25) is 0 Å². The smallest absolute Gasteiger partial charge is 0.0852 e. The van der Waals surface area contributed by atoms with Crippen LogP contribution >= 0.6 is 0 Å². The number of aliphatic hydroxyl groups is 2. The van der Waals surface area contributed by atoms with Gasteiger partial charge in [0.15, 0.2) is 0 Å². The fourth-order valence-corrected chi connectivity index (χ4v) is 8.11. The highest BCUT2D eigenvalue weighted by molar-refractivity contribution is 5.19. The van der Waals surface area contributed by atoms with E-state index in [1.165, 1.54) is 38.5 Å². The lowest BCUT2D eigenvalue weighted by Crippen LogP contribution is -2.64. The van der Waals surface area contributed by atoms with Gasteiger partial charge in [0.05, 0.1) is 12.2 Å². The van der Waals surface area contributed by atoms with Crippen LogP contribution in [0.5, 0.6) is 0 Å². The maximum absolute atomic E-state index is 10.7. The Morgan fingerprint density at radius 2 is 1.52 bits per heavy atom. The monoisotopic (exact) mass is 320 g/mol. The molecule has 2 bridgehead atoms. The minimum atomic E-state index is -0.564. The molecule has 2 heteroatoms. The molecule has 0 saturated heterocycles. The lowest BCUT2D eigenvalue weighted by atomic mass is 9.38. The van der Waals surface area contributed by atoms with E-state index in [0.29, 0.717) is 16.7 Å². The van der Waals surface area contributed by atoms with Crippen LogP contribution in [0, 0.1) is 39.4 Å². The molecule has 4 aliphatic rings. The van der Waals surface area contributed by atoms with E-state index in [1.54, 1.807) is 0 Å². The molecule has 0 aromatic rings. The van der Waals surface area contributed by atoms with Crippen molar-refractivity contribution in [2.24, 2.45) is 39.4 Å². The van der Waals surface area contributed by atoms with Gasteiger partial charge < -0.3 is 10.2 Å². The second-order valence-electron chi connectivity index (χ2n) is 11.1.